The van der Waals surface area contributed by atoms with Crippen molar-refractivity contribution in [1.82, 2.24) is 20.0 Å². The molecule has 5 aromatic carbocycles. The molecule has 0 aliphatic carbocycles. The molecule has 5 aliphatic rings. The number of urea groups is 1. The van der Waals surface area contributed by atoms with Crippen molar-refractivity contribution in [3.8, 4) is 29.1 Å². The Hall–Kier alpha value is -7.38. The van der Waals surface area contributed by atoms with Crippen molar-refractivity contribution < 1.29 is 43.2 Å². The van der Waals surface area contributed by atoms with Crippen molar-refractivity contribution in [2.45, 2.75) is 36.2 Å². The van der Waals surface area contributed by atoms with Crippen LogP contribution in [0.1, 0.15) is 51.6 Å². The molecule has 10 rings (SSSR count). The zero-order valence-corrected chi connectivity index (χ0v) is 35.9. The molecule has 3 saturated heterocycles. The molecule has 0 radical (unpaired) electrons. The van der Waals surface area contributed by atoms with Crippen molar-refractivity contribution >= 4 is 29.5 Å². The molecule has 5 aromatic rings. The number of carbonyl (C=O) groups excluding carboxylic acids is 4. The first kappa shape index (κ1) is 42.6. The van der Waals surface area contributed by atoms with Crippen molar-refractivity contribution in [3.63, 3.8) is 0 Å². The largest absolute Gasteiger partial charge is 0.491 e. The zero-order chi connectivity index (χ0) is 45.4. The summed E-state index contributed by atoms with van der Waals surface area (Å²) in [7, 11) is 0. The average Bonchev–Trinajstić information content (AvgIpc) is 4.03. The van der Waals surface area contributed by atoms with E-state index in [1.165, 1.54) is 0 Å². The van der Waals surface area contributed by atoms with Gasteiger partial charge in [0.15, 0.2) is 11.5 Å². The highest BCUT2D eigenvalue weighted by molar-refractivity contribution is 6.12. The summed E-state index contributed by atoms with van der Waals surface area (Å²) in [6.07, 6.45) is -0.823. The van der Waals surface area contributed by atoms with Gasteiger partial charge in [-0.15, -0.1) is 0 Å². The fourth-order valence-electron chi connectivity index (χ4n) is 10.5. The smallest absolute Gasteiger partial charge is 0.324 e. The molecule has 3 fully saturated rings. The number of hydrogen-bond donors (Lipinski definition) is 4. The number of rotatable bonds is 10. The minimum Gasteiger partial charge on any atom is -0.491 e. The third kappa shape index (κ3) is 7.62. The van der Waals surface area contributed by atoms with E-state index in [2.05, 4.69) is 32.3 Å². The lowest BCUT2D eigenvalue weighted by Gasteiger charge is -2.46. The minimum atomic E-state index is -1.71. The number of fused-ring (bicyclic) bond motifs is 4. The predicted molar refractivity (Wildman–Crippen MR) is 241 cm³/mol. The molecule has 5 heterocycles. The van der Waals surface area contributed by atoms with E-state index < -0.39 is 53.5 Å². The number of nitrogens with two attached hydrogens (primary N) is 1. The van der Waals surface area contributed by atoms with E-state index in [1.54, 1.807) is 29.2 Å². The molecule has 5 N–H and O–H groups in total. The molecule has 15 heteroatoms. The SMILES string of the molecule is NC(=O)NCC#Cc1ccc2c(c1)[C@]1(C(=O)N2)[C@H](C(=O)N2CCN(Cc3ccc4c(c3)OCO4)CC2)[C@H]2C(=O)O[C@H](c3ccccc3)[C@H](c3ccccc3)N2[C@@H]1c1ccc(OCCO)cc1. The lowest BCUT2D eigenvalue weighted by molar-refractivity contribution is -0.179. The van der Waals surface area contributed by atoms with E-state index in [4.69, 9.17) is 24.7 Å². The summed E-state index contributed by atoms with van der Waals surface area (Å²) in [5.74, 6) is 5.27. The Morgan fingerprint density at radius 1 is 0.833 bits per heavy atom. The van der Waals surface area contributed by atoms with Crippen LogP contribution in [0.5, 0.6) is 17.2 Å². The van der Waals surface area contributed by atoms with Crippen LogP contribution in [0.15, 0.2) is 121 Å². The Labute approximate surface area is 381 Å². The molecular formula is C51H48N6O9. The lowest BCUT2D eigenvalue weighted by atomic mass is 9.65. The average molecular weight is 889 g/mol. The third-order valence-electron chi connectivity index (χ3n) is 13.2. The Bertz CT molecular complexity index is 2720. The van der Waals surface area contributed by atoms with Gasteiger partial charge in [-0.2, -0.15) is 0 Å². The summed E-state index contributed by atoms with van der Waals surface area (Å²) >= 11 is 0. The number of primary amides is 1. The maximum absolute atomic E-state index is 16.0. The number of nitrogens with one attached hydrogen (secondary N) is 2. The Kier molecular flexibility index (Phi) is 11.5. The standard InChI is InChI=1S/C51H48N6O9/c52-50(62)53-21-7-8-32-13-19-39-38(28-32)51(49(61)54-39)42(47(59)56-24-22-55(23-25-56)30-33-14-20-40-41(29-33)65-31-64-40)44-48(60)66-45(35-11-5-2-6-12-35)43(34-9-3-1-4-10-34)57(44)46(51)36-15-17-37(18-16-36)63-27-26-58/h1-6,9-20,28-29,42-46,58H,21-27,30-31H2,(H,54,61)(H3,52,53,62)/t42-,43-,44-,45+,46+,51-/m0/s1. The second kappa shape index (κ2) is 17.9. The molecule has 0 unspecified atom stereocenters. The summed E-state index contributed by atoms with van der Waals surface area (Å²) in [5, 5.41) is 15.2. The highest BCUT2D eigenvalue weighted by atomic mass is 16.7. The number of nitrogens with zero attached hydrogens (tertiary/aromatic N) is 3. The molecule has 6 atom stereocenters. The van der Waals surface area contributed by atoms with Gasteiger partial charge in [0.25, 0.3) is 0 Å². The first-order valence-corrected chi connectivity index (χ1v) is 22.0. The van der Waals surface area contributed by atoms with Crippen LogP contribution >= 0.6 is 0 Å². The number of esters is 1. The normalized spacial score (nSPS) is 24.1. The fourth-order valence-corrected chi connectivity index (χ4v) is 10.5. The lowest BCUT2D eigenvalue weighted by Crippen LogP contribution is -2.58. The predicted octanol–water partition coefficient (Wildman–Crippen LogP) is 4.42. The van der Waals surface area contributed by atoms with Crippen LogP contribution in [0.3, 0.4) is 0 Å². The van der Waals surface area contributed by atoms with Crippen LogP contribution in [0.4, 0.5) is 10.5 Å². The van der Waals surface area contributed by atoms with Gasteiger partial charge in [0.05, 0.1) is 31.2 Å². The molecular weight excluding hydrogens is 841 g/mol. The monoisotopic (exact) mass is 888 g/mol. The van der Waals surface area contributed by atoms with Gasteiger partial charge < -0.3 is 45.3 Å². The maximum atomic E-state index is 16.0. The summed E-state index contributed by atoms with van der Waals surface area (Å²) < 4.78 is 23.5. The molecule has 0 bridgehead atoms. The molecule has 66 heavy (non-hydrogen) atoms. The zero-order valence-electron chi connectivity index (χ0n) is 35.9. The highest BCUT2D eigenvalue weighted by Gasteiger charge is 2.74. The van der Waals surface area contributed by atoms with E-state index in [0.29, 0.717) is 72.4 Å². The minimum absolute atomic E-state index is 0.00879. The molecule has 0 aromatic heterocycles. The number of ether oxygens (including phenoxy) is 4. The van der Waals surface area contributed by atoms with Gasteiger partial charge in [0.1, 0.15) is 29.9 Å². The number of benzene rings is 5. The first-order chi connectivity index (χ1) is 32.2. The van der Waals surface area contributed by atoms with Crippen molar-refractivity contribution in [1.29, 1.82) is 0 Å². The summed E-state index contributed by atoms with van der Waals surface area (Å²) in [5.41, 5.74) is 8.42. The summed E-state index contributed by atoms with van der Waals surface area (Å²) in [6, 6.07) is 34.3. The number of piperazine rings is 1. The highest BCUT2D eigenvalue weighted by Crippen LogP contribution is 2.65. The van der Waals surface area contributed by atoms with Gasteiger partial charge in [0, 0.05) is 44.0 Å². The number of cyclic esters (lactones) is 1. The quantitative estimate of drug-likeness (QED) is 0.115. The Balaban J connectivity index is 1.13. The van der Waals surface area contributed by atoms with Gasteiger partial charge in [-0.05, 0) is 70.3 Å². The second-order valence-electron chi connectivity index (χ2n) is 16.9. The topological polar surface area (TPSA) is 185 Å². The molecule has 5 aliphatic heterocycles. The van der Waals surface area contributed by atoms with Crippen LogP contribution < -0.4 is 30.6 Å². The van der Waals surface area contributed by atoms with E-state index >= 15 is 14.4 Å². The molecule has 0 saturated carbocycles. The van der Waals surface area contributed by atoms with E-state index in [9.17, 15) is 9.90 Å². The van der Waals surface area contributed by atoms with Gasteiger partial charge in [0.2, 0.25) is 18.6 Å². The van der Waals surface area contributed by atoms with Crippen LogP contribution in [0, 0.1) is 17.8 Å². The first-order valence-electron chi connectivity index (χ1n) is 22.0. The number of carbonyl (C=O) groups is 4. The number of aliphatic hydroxyl groups is 1. The van der Waals surface area contributed by atoms with Crippen LogP contribution in [-0.2, 0) is 31.1 Å². The summed E-state index contributed by atoms with van der Waals surface area (Å²) in [4.78, 5) is 64.4. The number of amides is 4. The maximum Gasteiger partial charge on any atom is 0.324 e. The number of morpholine rings is 1. The van der Waals surface area contributed by atoms with Gasteiger partial charge >= 0.3 is 12.0 Å². The van der Waals surface area contributed by atoms with Gasteiger partial charge in [-0.1, -0.05) is 90.7 Å². The molecule has 336 valence electrons. The number of aliphatic hydroxyl groups excluding tert-OH is 1. The third-order valence-corrected chi connectivity index (χ3v) is 13.2. The molecule has 15 nitrogen and oxygen atoms in total. The Morgan fingerprint density at radius 2 is 1.56 bits per heavy atom. The Morgan fingerprint density at radius 3 is 2.29 bits per heavy atom. The van der Waals surface area contributed by atoms with Gasteiger partial charge in [-0.3, -0.25) is 24.2 Å². The van der Waals surface area contributed by atoms with Crippen molar-refractivity contribution in [3.05, 3.63) is 155 Å². The van der Waals surface area contributed by atoms with Crippen LogP contribution in [0.2, 0.25) is 0 Å². The second-order valence-corrected chi connectivity index (χ2v) is 16.9. The molecule has 4 amide bonds. The van der Waals surface area contributed by atoms with Crippen LogP contribution in [0.25, 0.3) is 0 Å². The number of hydrogen-bond acceptors (Lipinski definition) is 11. The van der Waals surface area contributed by atoms with Crippen molar-refractivity contribution in [2.75, 3.05) is 58.0 Å². The number of anilines is 1. The molecule has 1 spiro atoms. The summed E-state index contributed by atoms with van der Waals surface area (Å²) in [6.45, 7) is 2.49. The van der Waals surface area contributed by atoms with Gasteiger partial charge in [-0.25, -0.2) is 4.79 Å². The van der Waals surface area contributed by atoms with E-state index in [1.807, 2.05) is 97.1 Å². The fraction of sp³-hybridized carbons (Fsp3) is 0.294. The van der Waals surface area contributed by atoms with Crippen molar-refractivity contribution in [2.24, 2.45) is 11.7 Å². The van der Waals surface area contributed by atoms with E-state index in [0.717, 1.165) is 16.7 Å². The van der Waals surface area contributed by atoms with Crippen LogP contribution in [-0.4, -0.2) is 102 Å². The van der Waals surface area contributed by atoms with E-state index in [-0.39, 0.29) is 32.5 Å².